The minimum atomic E-state index is -3.83. The van der Waals surface area contributed by atoms with Crippen molar-refractivity contribution in [1.82, 2.24) is 10.2 Å². The van der Waals surface area contributed by atoms with Crippen molar-refractivity contribution in [3.8, 4) is 0 Å². The minimum Gasteiger partial charge on any atom is -0.382 e. The number of sulfonamides is 1. The van der Waals surface area contributed by atoms with E-state index in [1.165, 1.54) is 12.1 Å². The standard InChI is InChI=1S/C18H16N6O4S/c19-18-12-7-10(4-5-13(12)23-24-18)22-15-14(16(25)17(15)26)21-8-9-2-1-3-11(6-9)29(20,27)28/h1-7,21-22H,8H2,(H3,19,23,24)(H2,20,27,28). The second-order valence-corrected chi connectivity index (χ2v) is 8.01. The van der Waals surface area contributed by atoms with E-state index in [4.69, 9.17) is 10.9 Å². The quantitative estimate of drug-likeness (QED) is 0.288. The number of primary sulfonamides is 1. The van der Waals surface area contributed by atoms with Crippen molar-refractivity contribution in [3.63, 3.8) is 0 Å². The van der Waals surface area contributed by atoms with Crippen LogP contribution in [0.15, 0.2) is 56.9 Å². The number of rotatable bonds is 6. The number of hydrogen-bond donors (Lipinski definition) is 5. The van der Waals surface area contributed by atoms with Gasteiger partial charge in [0.1, 0.15) is 11.4 Å². The molecule has 0 spiro atoms. The van der Waals surface area contributed by atoms with Crippen LogP contribution in [0.1, 0.15) is 5.56 Å². The molecule has 0 aliphatic carbocycles. The van der Waals surface area contributed by atoms with E-state index in [0.29, 0.717) is 22.5 Å². The number of hydrogen-bond acceptors (Lipinski definition) is 8. The van der Waals surface area contributed by atoms with E-state index >= 15 is 0 Å². The summed E-state index contributed by atoms with van der Waals surface area (Å²) in [5.41, 5.74) is 6.63. The van der Waals surface area contributed by atoms with Crippen LogP contribution in [-0.2, 0) is 16.6 Å². The highest BCUT2D eigenvalue weighted by atomic mass is 32.2. The Bertz CT molecular complexity index is 1420. The second kappa shape index (κ2) is 6.72. The first-order valence-corrected chi connectivity index (χ1v) is 9.98. The normalized spacial score (nSPS) is 11.8. The molecular weight excluding hydrogens is 396 g/mol. The Morgan fingerprint density at radius 2 is 1.79 bits per heavy atom. The summed E-state index contributed by atoms with van der Waals surface area (Å²) in [5.74, 6) is 0.321. The third kappa shape index (κ3) is 3.44. The smallest absolute Gasteiger partial charge is 0.253 e. The van der Waals surface area contributed by atoms with Crippen molar-refractivity contribution >= 4 is 43.8 Å². The minimum absolute atomic E-state index is 0.0360. The van der Waals surface area contributed by atoms with Gasteiger partial charge in [-0.25, -0.2) is 13.6 Å². The lowest BCUT2D eigenvalue weighted by Crippen LogP contribution is -2.36. The number of nitrogens with one attached hydrogen (secondary N) is 3. The highest BCUT2D eigenvalue weighted by Crippen LogP contribution is 2.26. The molecule has 0 unspecified atom stereocenters. The molecule has 0 fully saturated rings. The number of benzene rings is 2. The SMILES string of the molecule is Nc1n[nH]c2ccc(Nc3c(NCc4cccc(S(N)(=O)=O)c4)c(=O)c3=O)cc12. The van der Waals surface area contributed by atoms with E-state index in [9.17, 15) is 18.0 Å². The van der Waals surface area contributed by atoms with Gasteiger partial charge in [-0.05, 0) is 35.9 Å². The van der Waals surface area contributed by atoms with E-state index in [1.54, 1.807) is 30.3 Å². The number of anilines is 4. The Morgan fingerprint density at radius 1 is 1.03 bits per heavy atom. The number of nitrogens with zero attached hydrogens (tertiary/aromatic N) is 1. The topological polar surface area (TPSA) is 173 Å². The predicted molar refractivity (Wildman–Crippen MR) is 110 cm³/mol. The number of aromatic amines is 1. The van der Waals surface area contributed by atoms with Gasteiger partial charge in [0.05, 0.1) is 10.4 Å². The molecule has 10 nitrogen and oxygen atoms in total. The molecule has 7 N–H and O–H groups in total. The fourth-order valence-corrected chi connectivity index (χ4v) is 3.54. The van der Waals surface area contributed by atoms with Crippen LogP contribution < -0.4 is 32.4 Å². The molecule has 0 aliphatic heterocycles. The first kappa shape index (κ1) is 18.7. The largest absolute Gasteiger partial charge is 0.382 e. The average Bonchev–Trinajstić information content (AvgIpc) is 3.07. The molecule has 4 aromatic rings. The Hall–Kier alpha value is -3.70. The van der Waals surface area contributed by atoms with Gasteiger partial charge < -0.3 is 16.4 Å². The summed E-state index contributed by atoms with van der Waals surface area (Å²) in [6.45, 7) is 0.136. The van der Waals surface area contributed by atoms with E-state index in [0.717, 1.165) is 5.52 Å². The predicted octanol–water partition coefficient (Wildman–Crippen LogP) is 0.744. The zero-order valence-electron chi connectivity index (χ0n) is 14.9. The number of nitrogens with two attached hydrogens (primary N) is 2. The van der Waals surface area contributed by atoms with Gasteiger partial charge in [-0.2, -0.15) is 5.10 Å². The van der Waals surface area contributed by atoms with Crippen molar-refractivity contribution in [2.45, 2.75) is 11.4 Å². The van der Waals surface area contributed by atoms with Crippen molar-refractivity contribution in [2.75, 3.05) is 16.4 Å². The van der Waals surface area contributed by atoms with Crippen LogP contribution in [0.3, 0.4) is 0 Å². The maximum absolute atomic E-state index is 12.0. The van der Waals surface area contributed by atoms with Crippen LogP contribution in [0.2, 0.25) is 0 Å². The van der Waals surface area contributed by atoms with Crippen LogP contribution >= 0.6 is 0 Å². The molecule has 1 aromatic heterocycles. The first-order valence-electron chi connectivity index (χ1n) is 8.43. The number of nitrogen functional groups attached to an aromatic ring is 1. The van der Waals surface area contributed by atoms with Gasteiger partial charge in [0.25, 0.3) is 10.9 Å². The molecule has 4 rings (SSSR count). The van der Waals surface area contributed by atoms with Crippen LogP contribution in [0, 0.1) is 0 Å². The summed E-state index contributed by atoms with van der Waals surface area (Å²) in [6.07, 6.45) is 0. The second-order valence-electron chi connectivity index (χ2n) is 6.45. The van der Waals surface area contributed by atoms with Crippen molar-refractivity contribution in [3.05, 3.63) is 68.5 Å². The summed E-state index contributed by atoms with van der Waals surface area (Å²) >= 11 is 0. The lowest BCUT2D eigenvalue weighted by molar-refractivity contribution is 0.597. The number of fused-ring (bicyclic) bond motifs is 1. The molecule has 0 aliphatic rings. The van der Waals surface area contributed by atoms with Crippen LogP contribution in [0.5, 0.6) is 0 Å². The average molecular weight is 412 g/mol. The molecule has 148 valence electrons. The van der Waals surface area contributed by atoms with Gasteiger partial charge in [0.15, 0.2) is 5.82 Å². The molecule has 0 bridgehead atoms. The third-order valence-corrected chi connectivity index (χ3v) is 5.38. The van der Waals surface area contributed by atoms with Gasteiger partial charge in [-0.1, -0.05) is 12.1 Å². The van der Waals surface area contributed by atoms with Gasteiger partial charge in [0.2, 0.25) is 10.0 Å². The Balaban J connectivity index is 1.56. The molecule has 0 amide bonds. The highest BCUT2D eigenvalue weighted by molar-refractivity contribution is 7.89. The van der Waals surface area contributed by atoms with E-state index in [-0.39, 0.29) is 22.8 Å². The van der Waals surface area contributed by atoms with Gasteiger partial charge >= 0.3 is 0 Å². The maximum Gasteiger partial charge on any atom is 0.253 e. The Kier molecular flexibility index (Phi) is 4.32. The lowest BCUT2D eigenvalue weighted by Gasteiger charge is -2.15. The van der Waals surface area contributed by atoms with Crippen molar-refractivity contribution < 1.29 is 8.42 Å². The van der Waals surface area contributed by atoms with Crippen molar-refractivity contribution in [2.24, 2.45) is 5.14 Å². The molecule has 29 heavy (non-hydrogen) atoms. The summed E-state index contributed by atoms with van der Waals surface area (Å²) in [4.78, 5) is 23.9. The molecule has 0 radical (unpaired) electrons. The number of aromatic nitrogens is 2. The van der Waals surface area contributed by atoms with Gasteiger partial charge in [-0.3, -0.25) is 14.7 Å². The van der Waals surface area contributed by atoms with Crippen LogP contribution in [0.4, 0.5) is 22.9 Å². The lowest BCUT2D eigenvalue weighted by atomic mass is 10.1. The van der Waals surface area contributed by atoms with Crippen molar-refractivity contribution in [1.29, 1.82) is 0 Å². The first-order chi connectivity index (χ1) is 13.7. The molecule has 3 aromatic carbocycles. The molecule has 0 atom stereocenters. The molecule has 0 saturated carbocycles. The fraction of sp³-hybridized carbons (Fsp3) is 0.0556. The highest BCUT2D eigenvalue weighted by Gasteiger charge is 2.21. The number of H-pyrrole nitrogens is 1. The maximum atomic E-state index is 12.0. The van der Waals surface area contributed by atoms with E-state index in [2.05, 4.69) is 20.8 Å². The van der Waals surface area contributed by atoms with Crippen LogP contribution in [0.25, 0.3) is 10.9 Å². The monoisotopic (exact) mass is 412 g/mol. The third-order valence-electron chi connectivity index (χ3n) is 4.47. The molecule has 1 heterocycles. The molecule has 11 heteroatoms. The summed E-state index contributed by atoms with van der Waals surface area (Å²) < 4.78 is 22.9. The summed E-state index contributed by atoms with van der Waals surface area (Å²) in [7, 11) is -3.83. The Morgan fingerprint density at radius 3 is 2.55 bits per heavy atom. The zero-order chi connectivity index (χ0) is 20.8. The van der Waals surface area contributed by atoms with Gasteiger partial charge in [0, 0.05) is 17.6 Å². The molecular formula is C18H16N6O4S. The van der Waals surface area contributed by atoms with E-state index < -0.39 is 20.9 Å². The Labute approximate surface area is 164 Å². The zero-order valence-corrected chi connectivity index (χ0v) is 15.7. The summed E-state index contributed by atoms with van der Waals surface area (Å²) in [5, 5.41) is 18.3. The van der Waals surface area contributed by atoms with Crippen LogP contribution in [-0.4, -0.2) is 18.6 Å². The van der Waals surface area contributed by atoms with Gasteiger partial charge in [-0.15, -0.1) is 0 Å². The molecule has 0 saturated heterocycles. The summed E-state index contributed by atoms with van der Waals surface area (Å²) in [6, 6.07) is 11.2. The fourth-order valence-electron chi connectivity index (χ4n) is 2.96. The van der Waals surface area contributed by atoms with E-state index in [1.807, 2.05) is 0 Å².